The maximum Gasteiger partial charge on any atom is 0.255 e. The number of halogens is 1. The van der Waals surface area contributed by atoms with Crippen molar-refractivity contribution in [2.45, 2.75) is 45.6 Å². The molecule has 180 valence electrons. The summed E-state index contributed by atoms with van der Waals surface area (Å²) in [4.78, 5) is 19.3. The van der Waals surface area contributed by atoms with Crippen molar-refractivity contribution in [3.63, 3.8) is 0 Å². The van der Waals surface area contributed by atoms with Crippen molar-refractivity contribution in [3.8, 4) is 0 Å². The third-order valence-electron chi connectivity index (χ3n) is 5.69. The molecular formula is C28H35FN4O. The average Bonchev–Trinajstić information content (AvgIpc) is 2.79. The van der Waals surface area contributed by atoms with Crippen LogP contribution >= 0.6 is 0 Å². The van der Waals surface area contributed by atoms with Gasteiger partial charge in [-0.05, 0) is 85.9 Å². The Labute approximate surface area is 202 Å². The SMILES string of the molecule is CN(C)CCCc1cc(CNc2ncccc2NC(=O)c2ccc(C(C)(C)C)cc2)ccc1F. The largest absolute Gasteiger partial charge is 0.364 e. The number of amides is 1. The number of hydrogen-bond donors (Lipinski definition) is 2. The van der Waals surface area contributed by atoms with E-state index in [1.165, 1.54) is 11.6 Å². The van der Waals surface area contributed by atoms with Crippen molar-refractivity contribution in [3.05, 3.63) is 88.9 Å². The number of nitrogens with one attached hydrogen (secondary N) is 2. The molecule has 0 unspecified atom stereocenters. The summed E-state index contributed by atoms with van der Waals surface area (Å²) < 4.78 is 14.2. The molecule has 0 fully saturated rings. The van der Waals surface area contributed by atoms with E-state index in [1.54, 1.807) is 18.3 Å². The molecular weight excluding hydrogens is 427 g/mol. The smallest absolute Gasteiger partial charge is 0.255 e. The lowest BCUT2D eigenvalue weighted by atomic mass is 9.87. The van der Waals surface area contributed by atoms with Crippen molar-refractivity contribution in [2.75, 3.05) is 31.3 Å². The molecule has 2 aromatic carbocycles. The van der Waals surface area contributed by atoms with Gasteiger partial charge in [0, 0.05) is 18.3 Å². The zero-order valence-corrected chi connectivity index (χ0v) is 20.8. The Bertz CT molecular complexity index is 1100. The first kappa shape index (κ1) is 25.4. The number of pyridine rings is 1. The molecule has 1 aromatic heterocycles. The lowest BCUT2D eigenvalue weighted by Crippen LogP contribution is -2.16. The second-order valence-electron chi connectivity index (χ2n) is 9.87. The van der Waals surface area contributed by atoms with Crippen molar-refractivity contribution in [2.24, 2.45) is 0 Å². The van der Waals surface area contributed by atoms with Crippen LogP contribution in [0.2, 0.25) is 0 Å². The minimum atomic E-state index is -0.193. The van der Waals surface area contributed by atoms with Gasteiger partial charge in [0.25, 0.3) is 5.91 Å². The molecule has 1 heterocycles. The molecule has 0 aliphatic heterocycles. The topological polar surface area (TPSA) is 57.3 Å². The molecule has 1 amide bonds. The molecule has 34 heavy (non-hydrogen) atoms. The molecule has 0 atom stereocenters. The normalized spacial score (nSPS) is 11.5. The lowest BCUT2D eigenvalue weighted by Gasteiger charge is -2.19. The van der Waals surface area contributed by atoms with Crippen LogP contribution in [0.15, 0.2) is 60.8 Å². The number of aryl methyl sites for hydroxylation is 1. The number of rotatable bonds is 9. The third-order valence-corrected chi connectivity index (χ3v) is 5.69. The summed E-state index contributed by atoms with van der Waals surface area (Å²) in [6.45, 7) is 7.82. The van der Waals surface area contributed by atoms with Crippen LogP contribution in [0, 0.1) is 5.82 Å². The van der Waals surface area contributed by atoms with E-state index in [-0.39, 0.29) is 17.1 Å². The zero-order chi connectivity index (χ0) is 24.7. The van der Waals surface area contributed by atoms with Crippen LogP contribution in [0.1, 0.15) is 54.2 Å². The summed E-state index contributed by atoms with van der Waals surface area (Å²) in [5, 5.41) is 6.23. The quantitative estimate of drug-likeness (QED) is 0.417. The summed E-state index contributed by atoms with van der Waals surface area (Å²) in [5.41, 5.74) is 4.07. The Morgan fingerprint density at radius 1 is 1.06 bits per heavy atom. The molecule has 6 heteroatoms. The van der Waals surface area contributed by atoms with Crippen molar-refractivity contribution < 1.29 is 9.18 Å². The first-order chi connectivity index (χ1) is 16.1. The molecule has 0 aliphatic carbocycles. The summed E-state index contributed by atoms with van der Waals surface area (Å²) in [6, 6.07) is 16.4. The fourth-order valence-electron chi connectivity index (χ4n) is 3.66. The van der Waals surface area contributed by atoms with Crippen molar-refractivity contribution in [1.29, 1.82) is 0 Å². The third kappa shape index (κ3) is 7.12. The molecule has 0 saturated heterocycles. The van der Waals surface area contributed by atoms with Crippen LogP contribution in [-0.4, -0.2) is 36.4 Å². The summed E-state index contributed by atoms with van der Waals surface area (Å²) in [6.07, 6.45) is 3.26. The van der Waals surface area contributed by atoms with E-state index >= 15 is 0 Å². The highest BCUT2D eigenvalue weighted by atomic mass is 19.1. The van der Waals surface area contributed by atoms with Gasteiger partial charge < -0.3 is 15.5 Å². The van der Waals surface area contributed by atoms with E-state index < -0.39 is 0 Å². The van der Waals surface area contributed by atoms with Gasteiger partial charge in [-0.1, -0.05) is 45.0 Å². The first-order valence-corrected chi connectivity index (χ1v) is 11.7. The molecule has 0 spiro atoms. The molecule has 3 rings (SSSR count). The van der Waals surface area contributed by atoms with Crippen LogP contribution in [0.3, 0.4) is 0 Å². The Balaban J connectivity index is 1.66. The molecule has 3 aromatic rings. The van der Waals surface area contributed by atoms with Crippen LogP contribution in [0.4, 0.5) is 15.9 Å². The lowest BCUT2D eigenvalue weighted by molar-refractivity contribution is 0.102. The number of benzene rings is 2. The fraction of sp³-hybridized carbons (Fsp3) is 0.357. The zero-order valence-electron chi connectivity index (χ0n) is 20.8. The highest BCUT2D eigenvalue weighted by Crippen LogP contribution is 2.24. The summed E-state index contributed by atoms with van der Waals surface area (Å²) in [7, 11) is 4.03. The number of carbonyl (C=O) groups excluding carboxylic acids is 1. The van der Waals surface area contributed by atoms with E-state index in [0.717, 1.165) is 24.1 Å². The number of carbonyl (C=O) groups is 1. The number of nitrogens with zero attached hydrogens (tertiary/aromatic N) is 2. The fourth-order valence-corrected chi connectivity index (χ4v) is 3.66. The van der Waals surface area contributed by atoms with E-state index in [0.29, 0.717) is 30.0 Å². The standard InChI is InChI=1S/C28H35FN4O/c1-28(2,3)23-13-11-21(12-14-23)27(34)32-25-9-6-16-30-26(25)31-19-20-10-15-24(29)22(18-20)8-7-17-33(4)5/h6,9-16,18H,7-8,17,19H2,1-5H3,(H,30,31)(H,32,34). The van der Waals surface area contributed by atoms with Gasteiger partial charge in [-0.2, -0.15) is 0 Å². The Morgan fingerprint density at radius 2 is 1.79 bits per heavy atom. The number of aromatic nitrogens is 1. The predicted octanol–water partition coefficient (Wildman–Crippen LogP) is 5.88. The molecule has 0 saturated carbocycles. The Morgan fingerprint density at radius 3 is 2.47 bits per heavy atom. The minimum Gasteiger partial charge on any atom is -0.364 e. The first-order valence-electron chi connectivity index (χ1n) is 11.7. The van der Waals surface area contributed by atoms with E-state index in [1.807, 2.05) is 50.5 Å². The predicted molar refractivity (Wildman–Crippen MR) is 138 cm³/mol. The number of hydrogen-bond acceptors (Lipinski definition) is 4. The van der Waals surface area contributed by atoms with Gasteiger partial charge in [-0.25, -0.2) is 9.37 Å². The molecule has 2 N–H and O–H groups in total. The maximum atomic E-state index is 14.2. The van der Waals surface area contributed by atoms with Gasteiger partial charge >= 0.3 is 0 Å². The van der Waals surface area contributed by atoms with Gasteiger partial charge in [0.1, 0.15) is 11.6 Å². The second-order valence-corrected chi connectivity index (χ2v) is 9.87. The highest BCUT2D eigenvalue weighted by Gasteiger charge is 2.15. The van der Waals surface area contributed by atoms with E-state index in [4.69, 9.17) is 0 Å². The maximum absolute atomic E-state index is 14.2. The van der Waals surface area contributed by atoms with Gasteiger partial charge in [-0.15, -0.1) is 0 Å². The van der Waals surface area contributed by atoms with Gasteiger partial charge in [0.15, 0.2) is 0 Å². The van der Waals surface area contributed by atoms with Crippen molar-refractivity contribution >= 4 is 17.4 Å². The van der Waals surface area contributed by atoms with Crippen LogP contribution in [-0.2, 0) is 18.4 Å². The van der Waals surface area contributed by atoms with Gasteiger partial charge in [0.2, 0.25) is 0 Å². The molecule has 0 radical (unpaired) electrons. The average molecular weight is 463 g/mol. The van der Waals surface area contributed by atoms with Gasteiger partial charge in [0.05, 0.1) is 5.69 Å². The van der Waals surface area contributed by atoms with Gasteiger partial charge in [-0.3, -0.25) is 4.79 Å². The Kier molecular flexibility index (Phi) is 8.40. The minimum absolute atomic E-state index is 0.0298. The number of anilines is 2. The van der Waals surface area contributed by atoms with Crippen molar-refractivity contribution in [1.82, 2.24) is 9.88 Å². The van der Waals surface area contributed by atoms with Crippen LogP contribution in [0.5, 0.6) is 0 Å². The summed E-state index contributed by atoms with van der Waals surface area (Å²) >= 11 is 0. The highest BCUT2D eigenvalue weighted by molar-refractivity contribution is 6.05. The second kappa shape index (κ2) is 11.3. The monoisotopic (exact) mass is 462 g/mol. The van der Waals surface area contributed by atoms with E-state index in [2.05, 4.69) is 41.3 Å². The molecule has 0 bridgehead atoms. The van der Waals surface area contributed by atoms with Crippen LogP contribution < -0.4 is 10.6 Å². The van der Waals surface area contributed by atoms with E-state index in [9.17, 15) is 9.18 Å². The summed E-state index contributed by atoms with van der Waals surface area (Å²) in [5.74, 6) is 0.202. The molecule has 0 aliphatic rings. The Hall–Kier alpha value is -3.25. The van der Waals surface area contributed by atoms with Crippen LogP contribution in [0.25, 0.3) is 0 Å². The molecule has 5 nitrogen and oxygen atoms in total.